The molecule has 0 aromatic carbocycles. The maximum absolute atomic E-state index is 12.3. The van der Waals surface area contributed by atoms with Crippen molar-refractivity contribution < 1.29 is 18.3 Å². The van der Waals surface area contributed by atoms with E-state index in [9.17, 15) is 13.2 Å². The molecule has 0 atom stereocenters. The van der Waals surface area contributed by atoms with Gasteiger partial charge in [0.15, 0.2) is 5.03 Å². The van der Waals surface area contributed by atoms with Crippen molar-refractivity contribution in [3.63, 3.8) is 0 Å². The van der Waals surface area contributed by atoms with Crippen LogP contribution in [0.15, 0.2) is 11.2 Å². The van der Waals surface area contributed by atoms with Gasteiger partial charge in [0, 0.05) is 13.6 Å². The number of aromatic amines is 1. The van der Waals surface area contributed by atoms with E-state index < -0.39 is 16.0 Å². The number of rotatable bonds is 5. The Morgan fingerprint density at radius 3 is 2.74 bits per heavy atom. The van der Waals surface area contributed by atoms with E-state index in [1.807, 2.05) is 0 Å². The quantitative estimate of drug-likeness (QED) is 0.838. The number of hydrogen-bond donors (Lipinski definition) is 2. The van der Waals surface area contributed by atoms with Gasteiger partial charge in [0.2, 0.25) is 0 Å². The van der Waals surface area contributed by atoms with Crippen molar-refractivity contribution in [1.82, 2.24) is 14.5 Å². The lowest BCUT2D eigenvalue weighted by atomic mass is 10.1. The van der Waals surface area contributed by atoms with E-state index in [0.29, 0.717) is 12.5 Å². The third kappa shape index (κ3) is 2.79. The van der Waals surface area contributed by atoms with Crippen molar-refractivity contribution in [2.75, 3.05) is 13.6 Å². The number of H-pyrrole nitrogens is 1. The summed E-state index contributed by atoms with van der Waals surface area (Å²) >= 11 is 0. The van der Waals surface area contributed by atoms with Crippen molar-refractivity contribution in [2.24, 2.45) is 5.92 Å². The fourth-order valence-corrected chi connectivity index (χ4v) is 3.74. The van der Waals surface area contributed by atoms with Crippen molar-refractivity contribution in [3.05, 3.63) is 11.8 Å². The summed E-state index contributed by atoms with van der Waals surface area (Å²) in [5.41, 5.74) is -0.321. The van der Waals surface area contributed by atoms with Crippen molar-refractivity contribution in [2.45, 2.75) is 30.7 Å². The maximum Gasteiger partial charge on any atom is 0.340 e. The Morgan fingerprint density at radius 2 is 2.16 bits per heavy atom. The number of carbonyl (C=O) groups is 1. The molecule has 1 fully saturated rings. The Bertz CT molecular complexity index is 560. The molecule has 1 aromatic heterocycles. The van der Waals surface area contributed by atoms with Crippen LogP contribution in [0.2, 0.25) is 0 Å². The molecular weight excluding hydrogens is 270 g/mol. The summed E-state index contributed by atoms with van der Waals surface area (Å²) in [6, 6.07) is 0. The van der Waals surface area contributed by atoms with Gasteiger partial charge in [0.25, 0.3) is 10.0 Å². The van der Waals surface area contributed by atoms with Crippen LogP contribution in [-0.4, -0.2) is 47.6 Å². The molecule has 0 radical (unpaired) electrons. The van der Waals surface area contributed by atoms with Crippen LogP contribution in [0.3, 0.4) is 0 Å². The minimum atomic E-state index is -3.82. The highest BCUT2D eigenvalue weighted by Crippen LogP contribution is 2.27. The number of nitrogens with zero attached hydrogens (tertiary/aromatic N) is 2. The first-order valence-corrected chi connectivity index (χ1v) is 7.60. The summed E-state index contributed by atoms with van der Waals surface area (Å²) in [7, 11) is -2.35. The summed E-state index contributed by atoms with van der Waals surface area (Å²) in [5, 5.41) is 14.4. The average Bonchev–Trinajstić information content (AvgIpc) is 2.98. The molecule has 0 spiro atoms. The number of aromatic nitrogens is 2. The van der Waals surface area contributed by atoms with Crippen LogP contribution in [-0.2, 0) is 10.0 Å². The molecule has 1 heterocycles. The molecule has 0 unspecified atom stereocenters. The van der Waals surface area contributed by atoms with Crippen molar-refractivity contribution in [1.29, 1.82) is 0 Å². The summed E-state index contributed by atoms with van der Waals surface area (Å²) in [6.45, 7) is 0.417. The molecule has 2 rings (SSSR count). The zero-order valence-electron chi connectivity index (χ0n) is 10.7. The largest absolute Gasteiger partial charge is 0.478 e. The highest BCUT2D eigenvalue weighted by molar-refractivity contribution is 7.89. The van der Waals surface area contributed by atoms with Gasteiger partial charge in [-0.3, -0.25) is 5.10 Å². The molecule has 1 aromatic rings. The van der Waals surface area contributed by atoms with Crippen LogP contribution in [0.25, 0.3) is 0 Å². The normalized spacial score (nSPS) is 17.2. The minimum absolute atomic E-state index is 0.321. The first-order valence-electron chi connectivity index (χ1n) is 6.16. The van der Waals surface area contributed by atoms with E-state index in [1.54, 1.807) is 0 Å². The standard InChI is InChI=1S/C11H17N3O4S/c1-14(7-8-4-2-3-5-8)19(17,18)10-9(11(15)16)6-12-13-10/h6,8H,2-5,7H2,1H3,(H,12,13)(H,15,16). The predicted octanol–water partition coefficient (Wildman–Crippen LogP) is 0.919. The fourth-order valence-electron chi connectivity index (χ4n) is 2.43. The number of aromatic carboxylic acids is 1. The van der Waals surface area contributed by atoms with Gasteiger partial charge in [-0.2, -0.15) is 9.40 Å². The maximum atomic E-state index is 12.3. The van der Waals surface area contributed by atoms with E-state index >= 15 is 0 Å². The molecule has 7 nitrogen and oxygen atoms in total. The SMILES string of the molecule is CN(CC1CCCC1)S(=O)(=O)c1[nH]ncc1C(=O)O. The molecule has 1 aliphatic rings. The van der Waals surface area contributed by atoms with Gasteiger partial charge in [-0.15, -0.1) is 0 Å². The summed E-state index contributed by atoms with van der Waals surface area (Å²) in [4.78, 5) is 11.0. The third-order valence-corrected chi connectivity index (χ3v) is 5.29. The van der Waals surface area contributed by atoms with E-state index in [1.165, 1.54) is 11.4 Å². The number of carboxylic acid groups (broad SMARTS) is 1. The summed E-state index contributed by atoms with van der Waals surface area (Å²) in [6.07, 6.45) is 5.31. The molecule has 1 aliphatic carbocycles. The Hall–Kier alpha value is -1.41. The van der Waals surface area contributed by atoms with Crippen LogP contribution in [0, 0.1) is 5.92 Å². The Kier molecular flexibility index (Phi) is 3.91. The van der Waals surface area contributed by atoms with Gasteiger partial charge in [0.1, 0.15) is 5.56 Å². The monoisotopic (exact) mass is 287 g/mol. The Labute approximate surface area is 111 Å². The Balaban J connectivity index is 2.20. The van der Waals surface area contributed by atoms with Crippen molar-refractivity contribution in [3.8, 4) is 0 Å². The van der Waals surface area contributed by atoms with Gasteiger partial charge >= 0.3 is 5.97 Å². The zero-order chi connectivity index (χ0) is 14.0. The second-order valence-corrected chi connectivity index (χ2v) is 6.84. The van der Waals surface area contributed by atoms with E-state index in [4.69, 9.17) is 5.11 Å². The van der Waals surface area contributed by atoms with E-state index in [0.717, 1.165) is 31.9 Å². The lowest BCUT2D eigenvalue weighted by molar-refractivity contribution is 0.0692. The second-order valence-electron chi connectivity index (χ2n) is 4.85. The van der Waals surface area contributed by atoms with Gasteiger partial charge in [0.05, 0.1) is 6.20 Å². The predicted molar refractivity (Wildman–Crippen MR) is 67.3 cm³/mol. The zero-order valence-corrected chi connectivity index (χ0v) is 11.5. The minimum Gasteiger partial charge on any atom is -0.478 e. The van der Waals surface area contributed by atoms with Crippen LogP contribution in [0.1, 0.15) is 36.0 Å². The van der Waals surface area contributed by atoms with Gasteiger partial charge in [-0.1, -0.05) is 12.8 Å². The molecule has 19 heavy (non-hydrogen) atoms. The van der Waals surface area contributed by atoms with Crippen molar-refractivity contribution >= 4 is 16.0 Å². The molecule has 8 heteroatoms. The number of sulfonamides is 1. The topological polar surface area (TPSA) is 103 Å². The number of nitrogens with one attached hydrogen (secondary N) is 1. The number of hydrogen-bond acceptors (Lipinski definition) is 4. The van der Waals surface area contributed by atoms with Crippen LogP contribution >= 0.6 is 0 Å². The highest BCUT2D eigenvalue weighted by Gasteiger charge is 2.30. The average molecular weight is 287 g/mol. The molecule has 0 saturated heterocycles. The summed E-state index contributed by atoms with van der Waals surface area (Å²) in [5.74, 6) is -0.947. The second kappa shape index (κ2) is 5.30. The first kappa shape index (κ1) is 14.0. The molecule has 0 bridgehead atoms. The lowest BCUT2D eigenvalue weighted by Crippen LogP contribution is -2.32. The van der Waals surface area contributed by atoms with Crippen LogP contribution in [0.4, 0.5) is 0 Å². The van der Waals surface area contributed by atoms with Crippen LogP contribution < -0.4 is 0 Å². The van der Waals surface area contributed by atoms with Gasteiger partial charge in [-0.05, 0) is 18.8 Å². The van der Waals surface area contributed by atoms with E-state index in [2.05, 4.69) is 10.2 Å². The summed E-state index contributed by atoms with van der Waals surface area (Å²) < 4.78 is 25.8. The molecular formula is C11H17N3O4S. The smallest absolute Gasteiger partial charge is 0.340 e. The van der Waals surface area contributed by atoms with E-state index in [-0.39, 0.29) is 10.6 Å². The Morgan fingerprint density at radius 1 is 1.53 bits per heavy atom. The lowest BCUT2D eigenvalue weighted by Gasteiger charge is -2.20. The molecule has 106 valence electrons. The number of carboxylic acids is 1. The molecule has 2 N–H and O–H groups in total. The van der Waals surface area contributed by atoms with Gasteiger partial charge < -0.3 is 5.11 Å². The molecule has 0 aliphatic heterocycles. The molecule has 0 amide bonds. The first-order chi connectivity index (χ1) is 8.93. The fraction of sp³-hybridized carbons (Fsp3) is 0.636. The highest BCUT2D eigenvalue weighted by atomic mass is 32.2. The molecule has 1 saturated carbocycles. The van der Waals surface area contributed by atoms with Gasteiger partial charge in [-0.25, -0.2) is 13.2 Å². The van der Waals surface area contributed by atoms with Crippen LogP contribution in [0.5, 0.6) is 0 Å². The third-order valence-electron chi connectivity index (χ3n) is 3.49.